The summed E-state index contributed by atoms with van der Waals surface area (Å²) in [4.78, 5) is 3.32. The molecule has 0 spiro atoms. The quantitative estimate of drug-likeness (QED) is 0.0120. The molecule has 0 radical (unpaired) electrons. The van der Waals surface area contributed by atoms with Crippen molar-refractivity contribution in [1.29, 1.82) is 0 Å². The van der Waals surface area contributed by atoms with Crippen LogP contribution in [0, 0.1) is 25.7 Å². The van der Waals surface area contributed by atoms with Gasteiger partial charge in [0.15, 0.2) is 0 Å². The second-order valence-electron chi connectivity index (χ2n) is 15.1. The smallest absolute Gasteiger partial charge is 0.348 e. The van der Waals surface area contributed by atoms with E-state index >= 15 is 0 Å². The molecule has 2 rings (SSSR count). The van der Waals surface area contributed by atoms with Gasteiger partial charge in [0.2, 0.25) is 0 Å². The molecule has 0 bridgehead atoms. The van der Waals surface area contributed by atoms with Crippen LogP contribution in [0.4, 0.5) is 0 Å². The SMILES string of the molecule is CCCCCCCCCCCC#CCCc1ccccc1C(=CC(=C=[N+]=[N-])CCCCCC)c1cccc(CCCC)c1.[CH2-]CCCCC.[CH2-]CCCCC.[Ni+2]. The summed E-state index contributed by atoms with van der Waals surface area (Å²) in [5, 5.41) is 0. The third kappa shape index (κ3) is 31.5. The Hall–Kier alpha value is -2.61. The summed E-state index contributed by atoms with van der Waals surface area (Å²) in [6.07, 6.45) is 36.3. The number of hydrogen-bond acceptors (Lipinski definition) is 0. The van der Waals surface area contributed by atoms with Crippen molar-refractivity contribution in [2.24, 2.45) is 0 Å². The zero-order chi connectivity index (χ0) is 40.5. The van der Waals surface area contributed by atoms with E-state index in [1.807, 2.05) is 0 Å². The van der Waals surface area contributed by atoms with E-state index in [1.54, 1.807) is 0 Å². The minimum absolute atomic E-state index is 0. The molecule has 0 saturated heterocycles. The van der Waals surface area contributed by atoms with Crippen molar-refractivity contribution < 1.29 is 21.3 Å². The van der Waals surface area contributed by atoms with Gasteiger partial charge >= 0.3 is 22.4 Å². The van der Waals surface area contributed by atoms with Crippen molar-refractivity contribution in [3.8, 4) is 11.8 Å². The molecule has 56 heavy (non-hydrogen) atoms. The number of benzene rings is 2. The molecule has 2 aromatic rings. The number of unbranched alkanes of at least 4 members (excludes halogenated alkanes) is 19. The number of allylic oxidation sites excluding steroid dienone is 2. The Labute approximate surface area is 359 Å². The molecule has 0 atom stereocenters. The zero-order valence-electron chi connectivity index (χ0n) is 37.1. The summed E-state index contributed by atoms with van der Waals surface area (Å²) in [6, 6.07) is 17.7. The van der Waals surface area contributed by atoms with E-state index in [-0.39, 0.29) is 16.5 Å². The fraction of sp³-hybridized carbons (Fsp3) is 0.623. The largest absolute Gasteiger partial charge is 2.00 e. The molecule has 0 saturated carbocycles. The number of nitrogens with zero attached hydrogens (tertiary/aromatic N) is 2. The maximum absolute atomic E-state index is 9.42. The fourth-order valence-corrected chi connectivity index (χ4v) is 6.49. The molecular formula is C53H84N2Ni. The van der Waals surface area contributed by atoms with Crippen molar-refractivity contribution in [2.45, 2.75) is 214 Å². The molecule has 0 N–H and O–H groups in total. The van der Waals surface area contributed by atoms with Crippen molar-refractivity contribution in [2.75, 3.05) is 0 Å². The van der Waals surface area contributed by atoms with E-state index in [9.17, 15) is 5.53 Å². The van der Waals surface area contributed by atoms with Gasteiger partial charge in [0.25, 0.3) is 0 Å². The maximum atomic E-state index is 9.42. The van der Waals surface area contributed by atoms with Crippen LogP contribution in [0.25, 0.3) is 11.1 Å². The standard InChI is InChI=1S/C41H58N2.2C6H13.Ni/c1-4-7-10-12-13-14-15-16-17-18-19-20-22-29-38-30-23-24-32-40(38)41(34-37(35-43-42)27-21-11-8-5-2)39-31-25-28-36(33-39)26-9-6-3;2*1-3-5-6-4-2;/h23-25,28,30-34H,4-18,21-22,26-27,29H2,1-3H3;2*1,3-6H2,2H3;/q;2*-1;+2. The Bertz CT molecular complexity index is 1330. The predicted molar refractivity (Wildman–Crippen MR) is 246 cm³/mol. The van der Waals surface area contributed by atoms with E-state index in [4.69, 9.17) is 0 Å². The second-order valence-corrected chi connectivity index (χ2v) is 15.1. The van der Waals surface area contributed by atoms with Gasteiger partial charge in [-0.3, -0.25) is 0 Å². The number of aryl methyl sites for hydroxylation is 2. The van der Waals surface area contributed by atoms with E-state index in [0.717, 1.165) is 56.9 Å². The van der Waals surface area contributed by atoms with Crippen molar-refractivity contribution in [3.63, 3.8) is 0 Å². The van der Waals surface area contributed by atoms with Gasteiger partial charge < -0.3 is 19.4 Å². The Morgan fingerprint density at radius 2 is 1.12 bits per heavy atom. The van der Waals surface area contributed by atoms with Gasteiger partial charge in [0.1, 0.15) is 0 Å². The average Bonchev–Trinajstić information content (AvgIpc) is 3.21. The molecule has 2 aromatic carbocycles. The topological polar surface area (TPSA) is 36.4 Å². The molecule has 0 aliphatic heterocycles. The molecule has 0 aliphatic rings. The first-order chi connectivity index (χ1) is 27.1. The first-order valence-electron chi connectivity index (χ1n) is 23.0. The molecule has 316 valence electrons. The normalized spacial score (nSPS) is 10.4. The van der Waals surface area contributed by atoms with E-state index in [2.05, 4.69) is 126 Å². The minimum Gasteiger partial charge on any atom is -0.348 e. The average molecular weight is 808 g/mol. The van der Waals surface area contributed by atoms with Gasteiger partial charge in [-0.2, -0.15) is 12.8 Å². The third-order valence-corrected chi connectivity index (χ3v) is 9.93. The minimum atomic E-state index is 0. The van der Waals surface area contributed by atoms with Crippen LogP contribution >= 0.6 is 0 Å². The number of hydrogen-bond donors (Lipinski definition) is 0. The Morgan fingerprint density at radius 3 is 1.70 bits per heavy atom. The van der Waals surface area contributed by atoms with Crippen LogP contribution < -0.4 is 0 Å². The molecule has 0 heterocycles. The van der Waals surface area contributed by atoms with Gasteiger partial charge in [-0.15, -0.1) is 16.6 Å². The molecule has 0 amide bonds. The molecule has 0 aromatic heterocycles. The van der Waals surface area contributed by atoms with Crippen LogP contribution in [0.1, 0.15) is 224 Å². The van der Waals surface area contributed by atoms with Crippen LogP contribution in [0.3, 0.4) is 0 Å². The van der Waals surface area contributed by atoms with Gasteiger partial charge in [0, 0.05) is 12.8 Å². The second kappa shape index (κ2) is 43.5. The molecule has 2 nitrogen and oxygen atoms in total. The van der Waals surface area contributed by atoms with Crippen LogP contribution in [0.5, 0.6) is 0 Å². The molecule has 0 aliphatic carbocycles. The summed E-state index contributed by atoms with van der Waals surface area (Å²) in [5.74, 6) is 9.80. The Kier molecular flexibility index (Phi) is 43.1. The third-order valence-electron chi connectivity index (χ3n) is 9.93. The summed E-state index contributed by atoms with van der Waals surface area (Å²) in [5.41, 5.74) is 16.7. The van der Waals surface area contributed by atoms with E-state index < -0.39 is 0 Å². The summed E-state index contributed by atoms with van der Waals surface area (Å²) in [6.45, 7) is 18.6. The Morgan fingerprint density at radius 1 is 0.589 bits per heavy atom. The van der Waals surface area contributed by atoms with Crippen molar-refractivity contribution in [1.82, 2.24) is 0 Å². The van der Waals surface area contributed by atoms with E-state index in [1.165, 1.54) is 156 Å². The first-order valence-corrected chi connectivity index (χ1v) is 23.0. The van der Waals surface area contributed by atoms with Crippen molar-refractivity contribution in [3.05, 3.63) is 102 Å². The van der Waals surface area contributed by atoms with Crippen LogP contribution in [0.2, 0.25) is 0 Å². The molecule has 0 fully saturated rings. The fourth-order valence-electron chi connectivity index (χ4n) is 6.49. The first kappa shape index (κ1) is 55.5. The van der Waals surface area contributed by atoms with Gasteiger partial charge in [-0.25, -0.2) is 0 Å². The Balaban J connectivity index is 0. The summed E-state index contributed by atoms with van der Waals surface area (Å²) >= 11 is 0. The van der Waals surface area contributed by atoms with Gasteiger partial charge in [-0.05, 0) is 72.4 Å². The zero-order valence-corrected chi connectivity index (χ0v) is 38.1. The predicted octanol–water partition coefficient (Wildman–Crippen LogP) is 16.9. The van der Waals surface area contributed by atoms with Gasteiger partial charge in [0.05, 0.1) is 5.57 Å². The van der Waals surface area contributed by atoms with E-state index in [0.29, 0.717) is 0 Å². The summed E-state index contributed by atoms with van der Waals surface area (Å²) in [7, 11) is 0. The van der Waals surface area contributed by atoms with Crippen LogP contribution in [-0.2, 0) is 29.3 Å². The molecular weight excluding hydrogens is 723 g/mol. The molecule has 3 heteroatoms. The maximum Gasteiger partial charge on any atom is 2.00 e. The number of rotatable bonds is 28. The van der Waals surface area contributed by atoms with Gasteiger partial charge in [-0.1, -0.05) is 199 Å². The monoisotopic (exact) mass is 807 g/mol. The van der Waals surface area contributed by atoms with Crippen LogP contribution in [-0.4, -0.2) is 10.7 Å². The van der Waals surface area contributed by atoms with Crippen LogP contribution in [0.15, 0.2) is 60.2 Å². The summed E-state index contributed by atoms with van der Waals surface area (Å²) < 4.78 is 0. The van der Waals surface area contributed by atoms with Crippen molar-refractivity contribution >= 4 is 11.4 Å². The molecule has 0 unspecified atom stereocenters.